The van der Waals surface area contributed by atoms with Gasteiger partial charge in [-0.05, 0) is 68.6 Å². The van der Waals surface area contributed by atoms with Gasteiger partial charge in [0.2, 0.25) is 0 Å². The molecule has 4 rings (SSSR count). The third kappa shape index (κ3) is 5.02. The number of nitrogens with zero attached hydrogens (tertiary/aromatic N) is 2. The predicted molar refractivity (Wildman–Crippen MR) is 120 cm³/mol. The van der Waals surface area contributed by atoms with Gasteiger partial charge in [0.15, 0.2) is 11.6 Å². The first-order valence-electron chi connectivity index (χ1n) is 11.0. The molecule has 1 aliphatic rings. The van der Waals surface area contributed by atoms with E-state index in [1.165, 1.54) is 0 Å². The standard InChI is InChI=1S/C26H27F2N3O/c1-18-7-2-3-9-21(18)26(32)30-25(23-11-4-5-14-29-23)19-12-15-31(16-13-19)17-20-8-6-10-22(27)24(20)28/h2-11,14,19,25H,12-13,15-17H2,1H3,(H,30,32). The van der Waals surface area contributed by atoms with Gasteiger partial charge in [-0.25, -0.2) is 8.78 Å². The molecule has 1 saturated heterocycles. The Labute approximate surface area is 187 Å². The van der Waals surface area contributed by atoms with Crippen molar-refractivity contribution in [2.45, 2.75) is 32.4 Å². The van der Waals surface area contributed by atoms with Crippen LogP contribution in [0.3, 0.4) is 0 Å². The van der Waals surface area contributed by atoms with Crippen molar-refractivity contribution >= 4 is 5.91 Å². The molecule has 1 amide bonds. The molecule has 4 nitrogen and oxygen atoms in total. The van der Waals surface area contributed by atoms with E-state index in [0.717, 1.165) is 43.3 Å². The average molecular weight is 436 g/mol. The summed E-state index contributed by atoms with van der Waals surface area (Å²) in [6.45, 7) is 3.78. The maximum absolute atomic E-state index is 14.1. The highest BCUT2D eigenvalue weighted by atomic mass is 19.2. The van der Waals surface area contributed by atoms with Crippen molar-refractivity contribution in [2.24, 2.45) is 5.92 Å². The van der Waals surface area contributed by atoms with E-state index in [0.29, 0.717) is 17.7 Å². The van der Waals surface area contributed by atoms with E-state index in [-0.39, 0.29) is 17.9 Å². The number of nitrogens with one attached hydrogen (secondary N) is 1. The Morgan fingerprint density at radius 2 is 1.81 bits per heavy atom. The van der Waals surface area contributed by atoms with Gasteiger partial charge in [0, 0.05) is 23.9 Å². The Morgan fingerprint density at radius 3 is 2.53 bits per heavy atom. The fourth-order valence-electron chi connectivity index (χ4n) is 4.40. The molecular formula is C26H27F2N3O. The molecule has 0 radical (unpaired) electrons. The molecule has 1 N–H and O–H groups in total. The normalized spacial score (nSPS) is 16.0. The van der Waals surface area contributed by atoms with Crippen molar-refractivity contribution < 1.29 is 13.6 Å². The molecule has 1 unspecified atom stereocenters. The zero-order chi connectivity index (χ0) is 22.5. The van der Waals surface area contributed by atoms with Crippen LogP contribution < -0.4 is 5.32 Å². The number of carbonyl (C=O) groups is 1. The molecule has 1 aromatic heterocycles. The number of hydrogen-bond donors (Lipinski definition) is 1. The van der Waals surface area contributed by atoms with Crippen LogP contribution in [0.1, 0.15) is 46.1 Å². The van der Waals surface area contributed by atoms with E-state index in [2.05, 4.69) is 15.2 Å². The topological polar surface area (TPSA) is 45.2 Å². The fraction of sp³-hybridized carbons (Fsp3) is 0.308. The summed E-state index contributed by atoms with van der Waals surface area (Å²) < 4.78 is 27.6. The summed E-state index contributed by atoms with van der Waals surface area (Å²) in [5.41, 5.74) is 2.80. The smallest absolute Gasteiger partial charge is 0.252 e. The molecule has 3 aromatic rings. The summed E-state index contributed by atoms with van der Waals surface area (Å²) in [5.74, 6) is -1.49. The number of benzene rings is 2. The molecule has 0 spiro atoms. The Morgan fingerprint density at radius 1 is 1.06 bits per heavy atom. The van der Waals surface area contributed by atoms with E-state index in [1.807, 2.05) is 49.4 Å². The highest BCUT2D eigenvalue weighted by Gasteiger charge is 2.30. The number of aromatic nitrogens is 1. The number of pyridine rings is 1. The molecular weight excluding hydrogens is 408 g/mol. The highest BCUT2D eigenvalue weighted by molar-refractivity contribution is 5.95. The summed E-state index contributed by atoms with van der Waals surface area (Å²) in [4.78, 5) is 19.7. The van der Waals surface area contributed by atoms with Gasteiger partial charge in [-0.1, -0.05) is 36.4 Å². The van der Waals surface area contributed by atoms with E-state index in [9.17, 15) is 13.6 Å². The molecule has 0 bridgehead atoms. The van der Waals surface area contributed by atoms with Gasteiger partial charge in [0.25, 0.3) is 5.91 Å². The molecule has 0 saturated carbocycles. The Kier molecular flexibility index (Phi) is 6.90. The summed E-state index contributed by atoms with van der Waals surface area (Å²) in [6, 6.07) is 17.4. The Hall–Kier alpha value is -3.12. The second-order valence-corrected chi connectivity index (χ2v) is 8.35. The largest absolute Gasteiger partial charge is 0.343 e. The SMILES string of the molecule is Cc1ccccc1C(=O)NC(c1ccccn1)C1CCN(Cc2cccc(F)c2F)CC1. The van der Waals surface area contributed by atoms with Crippen molar-refractivity contribution in [1.29, 1.82) is 0 Å². The van der Waals surface area contributed by atoms with Crippen molar-refractivity contribution in [2.75, 3.05) is 13.1 Å². The summed E-state index contributed by atoms with van der Waals surface area (Å²) >= 11 is 0. The number of halogens is 2. The van der Waals surface area contributed by atoms with Gasteiger partial charge >= 0.3 is 0 Å². The Bertz CT molecular complexity index is 1070. The second-order valence-electron chi connectivity index (χ2n) is 8.35. The van der Waals surface area contributed by atoms with E-state index in [1.54, 1.807) is 18.3 Å². The first-order chi connectivity index (χ1) is 15.5. The van der Waals surface area contributed by atoms with Crippen LogP contribution in [0.15, 0.2) is 66.9 Å². The number of carbonyl (C=O) groups excluding carboxylic acids is 1. The second kappa shape index (κ2) is 10.0. The molecule has 2 aromatic carbocycles. The number of rotatable bonds is 6. The fourth-order valence-corrected chi connectivity index (χ4v) is 4.40. The number of aryl methyl sites for hydroxylation is 1. The van der Waals surface area contributed by atoms with Crippen LogP contribution in [0.5, 0.6) is 0 Å². The lowest BCUT2D eigenvalue weighted by atomic mass is 9.86. The molecule has 32 heavy (non-hydrogen) atoms. The minimum absolute atomic E-state index is 0.108. The molecule has 2 heterocycles. The number of likely N-dealkylation sites (tertiary alicyclic amines) is 1. The van der Waals surface area contributed by atoms with Gasteiger partial charge < -0.3 is 5.32 Å². The third-order valence-corrected chi connectivity index (χ3v) is 6.21. The van der Waals surface area contributed by atoms with Crippen LogP contribution in [0.2, 0.25) is 0 Å². The number of amides is 1. The van der Waals surface area contributed by atoms with E-state index < -0.39 is 11.6 Å². The van der Waals surface area contributed by atoms with Crippen molar-refractivity contribution in [1.82, 2.24) is 15.2 Å². The maximum Gasteiger partial charge on any atom is 0.252 e. The lowest BCUT2D eigenvalue weighted by Gasteiger charge is -2.36. The van der Waals surface area contributed by atoms with Gasteiger partial charge in [-0.3, -0.25) is 14.7 Å². The van der Waals surface area contributed by atoms with Gasteiger partial charge in [0.1, 0.15) is 0 Å². The first-order valence-corrected chi connectivity index (χ1v) is 11.0. The van der Waals surface area contributed by atoms with Gasteiger partial charge in [-0.15, -0.1) is 0 Å². The molecule has 6 heteroatoms. The predicted octanol–water partition coefficient (Wildman–Crippen LogP) is 5.05. The van der Waals surface area contributed by atoms with Gasteiger partial charge in [-0.2, -0.15) is 0 Å². The van der Waals surface area contributed by atoms with E-state index >= 15 is 0 Å². The lowest BCUT2D eigenvalue weighted by Crippen LogP contribution is -2.41. The molecule has 0 aliphatic carbocycles. The number of piperidine rings is 1. The van der Waals surface area contributed by atoms with Crippen molar-refractivity contribution in [3.05, 3.63) is 101 Å². The monoisotopic (exact) mass is 435 g/mol. The van der Waals surface area contributed by atoms with E-state index in [4.69, 9.17) is 0 Å². The quantitative estimate of drug-likeness (QED) is 0.589. The van der Waals surface area contributed by atoms with Crippen LogP contribution in [-0.2, 0) is 6.54 Å². The zero-order valence-corrected chi connectivity index (χ0v) is 18.1. The minimum atomic E-state index is -0.813. The van der Waals surface area contributed by atoms with Crippen molar-refractivity contribution in [3.63, 3.8) is 0 Å². The summed E-state index contributed by atoms with van der Waals surface area (Å²) in [7, 11) is 0. The highest BCUT2D eigenvalue weighted by Crippen LogP contribution is 2.31. The number of hydrogen-bond acceptors (Lipinski definition) is 3. The third-order valence-electron chi connectivity index (χ3n) is 6.21. The minimum Gasteiger partial charge on any atom is -0.343 e. The van der Waals surface area contributed by atoms with Crippen LogP contribution in [-0.4, -0.2) is 28.9 Å². The molecule has 1 atom stereocenters. The maximum atomic E-state index is 14.1. The summed E-state index contributed by atoms with van der Waals surface area (Å²) in [6.07, 6.45) is 3.39. The van der Waals surface area contributed by atoms with Crippen LogP contribution >= 0.6 is 0 Å². The van der Waals surface area contributed by atoms with Crippen LogP contribution in [0, 0.1) is 24.5 Å². The van der Waals surface area contributed by atoms with Crippen LogP contribution in [0.4, 0.5) is 8.78 Å². The Balaban J connectivity index is 1.46. The lowest BCUT2D eigenvalue weighted by molar-refractivity contribution is 0.0887. The molecule has 1 fully saturated rings. The summed E-state index contributed by atoms with van der Waals surface area (Å²) in [5, 5.41) is 3.21. The van der Waals surface area contributed by atoms with Crippen LogP contribution in [0.25, 0.3) is 0 Å². The van der Waals surface area contributed by atoms with Gasteiger partial charge in [0.05, 0.1) is 11.7 Å². The van der Waals surface area contributed by atoms with Crippen molar-refractivity contribution in [3.8, 4) is 0 Å². The average Bonchev–Trinajstić information content (AvgIpc) is 2.82. The molecule has 1 aliphatic heterocycles. The first kappa shape index (κ1) is 22.1. The molecule has 166 valence electrons. The zero-order valence-electron chi connectivity index (χ0n) is 18.1.